The normalized spacial score (nSPS) is 17.6. The Balaban J connectivity index is 1.32. The molecule has 144 valence electrons. The summed E-state index contributed by atoms with van der Waals surface area (Å²) in [5.74, 6) is 0.207. The molecule has 1 aromatic heterocycles. The Morgan fingerprint density at radius 3 is 2.46 bits per heavy atom. The molecule has 1 aliphatic rings. The molecule has 0 bridgehead atoms. The highest BCUT2D eigenvalue weighted by molar-refractivity contribution is 5.79. The predicted octanol–water partition coefficient (Wildman–Crippen LogP) is 3.15. The average Bonchev–Trinajstić information content (AvgIpc) is 3.24. The van der Waals surface area contributed by atoms with Gasteiger partial charge in [0.2, 0.25) is 5.91 Å². The van der Waals surface area contributed by atoms with Gasteiger partial charge in [0.15, 0.2) is 0 Å². The van der Waals surface area contributed by atoms with Gasteiger partial charge in [-0.2, -0.15) is 5.10 Å². The van der Waals surface area contributed by atoms with Gasteiger partial charge in [-0.25, -0.2) is 4.68 Å². The Morgan fingerprint density at radius 2 is 1.79 bits per heavy atom. The number of carbonyl (C=O) groups excluding carboxylic acids is 1. The highest BCUT2D eigenvalue weighted by Gasteiger charge is 2.27. The summed E-state index contributed by atoms with van der Waals surface area (Å²) < 4.78 is 1.82. The van der Waals surface area contributed by atoms with Crippen LogP contribution in [0.15, 0.2) is 73.1 Å². The highest BCUT2D eigenvalue weighted by Crippen LogP contribution is 2.16. The van der Waals surface area contributed by atoms with Crippen molar-refractivity contribution in [2.24, 2.45) is 0 Å². The largest absolute Gasteiger partial charge is 0.337 e. The monoisotopic (exact) mass is 374 g/mol. The number of aromatic nitrogens is 2. The topological polar surface area (TPSA) is 41.4 Å². The lowest BCUT2D eigenvalue weighted by Crippen LogP contribution is -2.54. The Labute approximate surface area is 166 Å². The third-order valence-corrected chi connectivity index (χ3v) is 5.34. The SMILES string of the molecule is C[C@@H]1CN(Cc2ccccc2)CCN1C(=O)Cc1ccc(-n2cccn2)cc1. The molecule has 4 rings (SSSR count). The van der Waals surface area contributed by atoms with Gasteiger partial charge in [0.05, 0.1) is 12.1 Å². The molecule has 0 N–H and O–H groups in total. The van der Waals surface area contributed by atoms with E-state index in [4.69, 9.17) is 0 Å². The number of amides is 1. The van der Waals surface area contributed by atoms with E-state index >= 15 is 0 Å². The fraction of sp³-hybridized carbons (Fsp3) is 0.304. The molecule has 1 amide bonds. The molecule has 5 heteroatoms. The van der Waals surface area contributed by atoms with Crippen molar-refractivity contribution in [3.05, 3.63) is 84.2 Å². The lowest BCUT2D eigenvalue weighted by Gasteiger charge is -2.40. The smallest absolute Gasteiger partial charge is 0.227 e. The van der Waals surface area contributed by atoms with Crippen LogP contribution in [0.4, 0.5) is 0 Å². The molecule has 0 radical (unpaired) electrons. The fourth-order valence-corrected chi connectivity index (χ4v) is 3.85. The van der Waals surface area contributed by atoms with E-state index in [9.17, 15) is 4.79 Å². The summed E-state index contributed by atoms with van der Waals surface area (Å²) in [6.07, 6.45) is 4.12. The average molecular weight is 374 g/mol. The van der Waals surface area contributed by atoms with Crippen molar-refractivity contribution in [3.8, 4) is 5.69 Å². The first kappa shape index (κ1) is 18.4. The Morgan fingerprint density at radius 1 is 1.00 bits per heavy atom. The Hall–Kier alpha value is -2.92. The summed E-state index contributed by atoms with van der Waals surface area (Å²) in [7, 11) is 0. The first-order valence-electron chi connectivity index (χ1n) is 9.84. The van der Waals surface area contributed by atoms with Crippen molar-refractivity contribution in [2.75, 3.05) is 19.6 Å². The zero-order valence-corrected chi connectivity index (χ0v) is 16.2. The molecule has 0 unspecified atom stereocenters. The molecule has 3 aromatic rings. The van der Waals surface area contributed by atoms with Gasteiger partial charge in [0.1, 0.15) is 0 Å². The standard InChI is InChI=1S/C23H26N4O/c1-19-17-25(18-21-6-3-2-4-7-21)14-15-26(19)23(28)16-20-8-10-22(11-9-20)27-13-5-12-24-27/h2-13,19H,14-18H2,1H3/t19-/m1/s1. The van der Waals surface area contributed by atoms with Gasteiger partial charge in [-0.05, 0) is 36.2 Å². The third-order valence-electron chi connectivity index (χ3n) is 5.34. The number of rotatable bonds is 5. The van der Waals surface area contributed by atoms with Crippen LogP contribution >= 0.6 is 0 Å². The van der Waals surface area contributed by atoms with Gasteiger partial charge in [0.25, 0.3) is 0 Å². The van der Waals surface area contributed by atoms with Crippen molar-refractivity contribution >= 4 is 5.91 Å². The summed E-state index contributed by atoms with van der Waals surface area (Å²) in [5.41, 5.74) is 3.37. The van der Waals surface area contributed by atoms with Crippen LogP contribution < -0.4 is 0 Å². The summed E-state index contributed by atoms with van der Waals surface area (Å²) in [6, 6.07) is 20.7. The Kier molecular flexibility index (Phi) is 5.53. The number of benzene rings is 2. The Bertz CT molecular complexity index is 890. The van der Waals surface area contributed by atoms with Crippen LogP contribution in [0.3, 0.4) is 0 Å². The van der Waals surface area contributed by atoms with Gasteiger partial charge in [-0.3, -0.25) is 9.69 Å². The van der Waals surface area contributed by atoms with Crippen LogP contribution in [-0.4, -0.2) is 51.2 Å². The third kappa shape index (κ3) is 4.31. The lowest BCUT2D eigenvalue weighted by molar-refractivity contribution is -0.135. The van der Waals surface area contributed by atoms with E-state index < -0.39 is 0 Å². The van der Waals surface area contributed by atoms with Crippen LogP contribution in [-0.2, 0) is 17.8 Å². The summed E-state index contributed by atoms with van der Waals surface area (Å²) in [6.45, 7) is 5.72. The maximum absolute atomic E-state index is 12.8. The first-order chi connectivity index (χ1) is 13.7. The van der Waals surface area contributed by atoms with Gasteiger partial charge >= 0.3 is 0 Å². The number of carbonyl (C=O) groups is 1. The van der Waals surface area contributed by atoms with Crippen LogP contribution in [0.1, 0.15) is 18.1 Å². The van der Waals surface area contributed by atoms with Crippen LogP contribution in [0.5, 0.6) is 0 Å². The van der Waals surface area contributed by atoms with Crippen molar-refractivity contribution in [1.29, 1.82) is 0 Å². The van der Waals surface area contributed by atoms with Crippen molar-refractivity contribution < 1.29 is 4.79 Å². The summed E-state index contributed by atoms with van der Waals surface area (Å²) in [5, 5.41) is 4.23. The van der Waals surface area contributed by atoms with E-state index in [-0.39, 0.29) is 11.9 Å². The zero-order valence-electron chi connectivity index (χ0n) is 16.2. The van der Waals surface area contributed by atoms with E-state index in [1.807, 2.05) is 52.2 Å². The number of piperazine rings is 1. The van der Waals surface area contributed by atoms with Crippen LogP contribution in [0, 0.1) is 0 Å². The second-order valence-corrected chi connectivity index (χ2v) is 7.45. The van der Waals surface area contributed by atoms with Gasteiger partial charge < -0.3 is 4.90 Å². The second kappa shape index (κ2) is 8.40. The van der Waals surface area contributed by atoms with E-state index in [0.29, 0.717) is 6.42 Å². The van der Waals surface area contributed by atoms with Crippen LogP contribution in [0.2, 0.25) is 0 Å². The molecule has 28 heavy (non-hydrogen) atoms. The first-order valence-corrected chi connectivity index (χ1v) is 9.84. The molecular formula is C23H26N4O. The van der Waals surface area contributed by atoms with Crippen molar-refractivity contribution in [3.63, 3.8) is 0 Å². The fourth-order valence-electron chi connectivity index (χ4n) is 3.85. The minimum atomic E-state index is 0.207. The van der Waals surface area contributed by atoms with Gasteiger partial charge in [-0.1, -0.05) is 42.5 Å². The maximum Gasteiger partial charge on any atom is 0.227 e. The van der Waals surface area contributed by atoms with Gasteiger partial charge in [-0.15, -0.1) is 0 Å². The molecule has 1 aliphatic heterocycles. The predicted molar refractivity (Wildman–Crippen MR) is 110 cm³/mol. The molecule has 2 heterocycles. The molecular weight excluding hydrogens is 348 g/mol. The summed E-state index contributed by atoms with van der Waals surface area (Å²) >= 11 is 0. The quantitative estimate of drug-likeness (QED) is 0.689. The molecule has 0 spiro atoms. The van der Waals surface area contributed by atoms with E-state index in [2.05, 4.69) is 41.2 Å². The minimum Gasteiger partial charge on any atom is -0.337 e. The molecule has 0 saturated carbocycles. The van der Waals surface area contributed by atoms with Crippen molar-refractivity contribution in [2.45, 2.75) is 25.9 Å². The number of nitrogens with zero attached hydrogens (tertiary/aromatic N) is 4. The van der Waals surface area contributed by atoms with E-state index in [1.54, 1.807) is 6.20 Å². The molecule has 2 aromatic carbocycles. The van der Waals surface area contributed by atoms with E-state index in [0.717, 1.165) is 37.4 Å². The number of hydrogen-bond donors (Lipinski definition) is 0. The molecule has 1 saturated heterocycles. The summed E-state index contributed by atoms with van der Waals surface area (Å²) in [4.78, 5) is 17.3. The van der Waals surface area contributed by atoms with E-state index in [1.165, 1.54) is 5.56 Å². The lowest BCUT2D eigenvalue weighted by atomic mass is 10.1. The molecule has 1 atom stereocenters. The molecule has 1 fully saturated rings. The zero-order chi connectivity index (χ0) is 19.3. The van der Waals surface area contributed by atoms with Crippen LogP contribution in [0.25, 0.3) is 5.69 Å². The minimum absolute atomic E-state index is 0.207. The number of hydrogen-bond acceptors (Lipinski definition) is 3. The maximum atomic E-state index is 12.8. The second-order valence-electron chi connectivity index (χ2n) is 7.45. The molecule has 5 nitrogen and oxygen atoms in total. The van der Waals surface area contributed by atoms with Gasteiger partial charge in [0, 0.05) is 44.6 Å². The molecule has 0 aliphatic carbocycles. The highest BCUT2D eigenvalue weighted by atomic mass is 16.2. The van der Waals surface area contributed by atoms with Crippen molar-refractivity contribution in [1.82, 2.24) is 19.6 Å².